The molecule has 1 aliphatic carbocycles. The summed E-state index contributed by atoms with van der Waals surface area (Å²) in [6.07, 6.45) is -14.0. The second-order valence-corrected chi connectivity index (χ2v) is 16.4. The van der Waals surface area contributed by atoms with Crippen LogP contribution >= 0.6 is 0 Å². The summed E-state index contributed by atoms with van der Waals surface area (Å²) in [4.78, 5) is 37.6. The minimum atomic E-state index is -1.59. The van der Waals surface area contributed by atoms with Crippen LogP contribution in [0.1, 0.15) is 43.9 Å². The summed E-state index contributed by atoms with van der Waals surface area (Å²) in [6, 6.07) is 23.8. The van der Waals surface area contributed by atoms with Crippen molar-refractivity contribution in [1.82, 2.24) is 0 Å². The van der Waals surface area contributed by atoms with Gasteiger partial charge in [0.2, 0.25) is 0 Å². The molecule has 2 saturated heterocycles. The van der Waals surface area contributed by atoms with E-state index in [-0.39, 0.29) is 39.4 Å². The van der Waals surface area contributed by atoms with Crippen molar-refractivity contribution >= 4 is 11.9 Å². The Bertz CT molecular complexity index is 2370. The number of hydrogen-bond acceptors (Lipinski definition) is 16. The molecule has 0 N–H and O–H groups in total. The zero-order chi connectivity index (χ0) is 49.8. The summed E-state index contributed by atoms with van der Waals surface area (Å²) >= 11 is 0. The van der Waals surface area contributed by atoms with E-state index in [1.165, 1.54) is 13.0 Å². The van der Waals surface area contributed by atoms with Crippen LogP contribution in [0.2, 0.25) is 0 Å². The third-order valence-electron chi connectivity index (χ3n) is 11.6. The van der Waals surface area contributed by atoms with Crippen molar-refractivity contribution in [2.75, 3.05) is 13.2 Å². The summed E-state index contributed by atoms with van der Waals surface area (Å²) in [5, 5.41) is 16.1. The molecule has 1 saturated carbocycles. The molecule has 0 spiro atoms. The lowest BCUT2D eigenvalue weighted by Gasteiger charge is -2.50. The van der Waals surface area contributed by atoms with Gasteiger partial charge in [-0.15, -0.1) is 6.58 Å². The summed E-state index contributed by atoms with van der Waals surface area (Å²) in [7, 11) is 0. The lowest BCUT2D eigenvalue weighted by molar-refractivity contribution is -0.346. The fourth-order valence-corrected chi connectivity index (χ4v) is 8.60. The molecule has 0 unspecified atom stereocenters. The van der Waals surface area contributed by atoms with Gasteiger partial charge in [-0.1, -0.05) is 118 Å². The maximum absolute atomic E-state index is 12.9. The minimum absolute atomic E-state index is 0.00698. The van der Waals surface area contributed by atoms with Crippen molar-refractivity contribution in [2.24, 2.45) is 20.5 Å². The van der Waals surface area contributed by atoms with E-state index in [2.05, 4.69) is 46.7 Å². The molecule has 2 aliphatic heterocycles. The highest BCUT2D eigenvalue weighted by Gasteiger charge is 2.56. The molecule has 0 radical (unpaired) electrons. The van der Waals surface area contributed by atoms with Gasteiger partial charge in [0.15, 0.2) is 24.8 Å². The molecule has 3 fully saturated rings. The van der Waals surface area contributed by atoms with E-state index >= 15 is 0 Å². The molecule has 0 amide bonds. The van der Waals surface area contributed by atoms with Crippen LogP contribution in [0.25, 0.3) is 41.8 Å². The second kappa shape index (κ2) is 26.9. The molecular weight excluding hydrogens is 913 g/mol. The topological polar surface area (TPSA) is 321 Å². The normalized spacial score (nSPS) is 30.4. The summed E-state index contributed by atoms with van der Waals surface area (Å²) < 4.78 is 64.0. The van der Waals surface area contributed by atoms with Gasteiger partial charge in [0.1, 0.15) is 30.5 Å². The number of rotatable bonds is 23. The standard InChI is InChI=1S/C46H54N12O12/c1-5-21-61-42-37(66-28(3)59)27(2)65-46(44(42)67-29(4)60)70-43-38(62-24-30-15-9-6-10-16-30)33(52-56-48)22-34(53-57-49)39(43)69-45-36(54-58-50)41(64-26-32-19-13-8-14-20-32)40(35(68-45)23-51-55-47)63-25-31-17-11-7-12-18-31/h5-20,27,33-46H,1,21-26H2,2-4H3/t27-,33-,34+,35-,36-,37-,38+,39-,40-,41-,42+,43-,44-,45-,46+/m1/s1. The van der Waals surface area contributed by atoms with Crippen LogP contribution in [0.5, 0.6) is 0 Å². The molecule has 3 aromatic carbocycles. The number of ether oxygens (including phenoxy) is 10. The van der Waals surface area contributed by atoms with Gasteiger partial charge in [0, 0.05) is 33.5 Å². The van der Waals surface area contributed by atoms with Gasteiger partial charge in [0.05, 0.1) is 69.5 Å². The molecular formula is C46H54N12O12. The Hall–Kier alpha value is -6.74. The number of carbonyl (C=O) groups excluding carboxylic acids is 2. The fourth-order valence-electron chi connectivity index (χ4n) is 8.60. The third kappa shape index (κ3) is 14.2. The number of azide groups is 4. The summed E-state index contributed by atoms with van der Waals surface area (Å²) in [5.74, 6) is -1.44. The first-order chi connectivity index (χ1) is 34.1. The van der Waals surface area contributed by atoms with Crippen LogP contribution < -0.4 is 0 Å². The molecule has 2 heterocycles. The number of carbonyl (C=O) groups is 2. The van der Waals surface area contributed by atoms with E-state index in [4.69, 9.17) is 47.4 Å². The molecule has 370 valence electrons. The number of benzene rings is 3. The van der Waals surface area contributed by atoms with Gasteiger partial charge >= 0.3 is 11.9 Å². The van der Waals surface area contributed by atoms with Crippen molar-refractivity contribution in [3.8, 4) is 0 Å². The molecule has 3 aromatic rings. The Labute approximate surface area is 402 Å². The van der Waals surface area contributed by atoms with E-state index in [0.29, 0.717) is 0 Å². The Morgan fingerprint density at radius 2 is 1.10 bits per heavy atom. The molecule has 0 bridgehead atoms. The van der Waals surface area contributed by atoms with Crippen LogP contribution in [0.4, 0.5) is 0 Å². The quantitative estimate of drug-likeness (QED) is 0.0285. The zero-order valence-electron chi connectivity index (χ0n) is 38.6. The molecule has 70 heavy (non-hydrogen) atoms. The average molecular weight is 967 g/mol. The first-order valence-corrected chi connectivity index (χ1v) is 22.4. The lowest BCUT2D eigenvalue weighted by Crippen LogP contribution is -2.66. The van der Waals surface area contributed by atoms with Gasteiger partial charge in [-0.25, -0.2) is 0 Å². The number of esters is 2. The van der Waals surface area contributed by atoms with E-state index in [1.807, 2.05) is 91.0 Å². The minimum Gasteiger partial charge on any atom is -0.457 e. The highest BCUT2D eigenvalue weighted by molar-refractivity contribution is 5.67. The van der Waals surface area contributed by atoms with Crippen molar-refractivity contribution in [3.63, 3.8) is 0 Å². The highest BCUT2D eigenvalue weighted by atomic mass is 16.8. The number of nitrogens with zero attached hydrogens (tertiary/aromatic N) is 12. The fraction of sp³-hybridized carbons (Fsp3) is 0.522. The van der Waals surface area contributed by atoms with Crippen molar-refractivity contribution in [1.29, 1.82) is 0 Å². The maximum Gasteiger partial charge on any atom is 0.303 e. The highest BCUT2D eigenvalue weighted by Crippen LogP contribution is 2.40. The maximum atomic E-state index is 12.9. The van der Waals surface area contributed by atoms with Crippen LogP contribution in [-0.4, -0.2) is 117 Å². The van der Waals surface area contributed by atoms with Crippen LogP contribution in [0.15, 0.2) is 124 Å². The molecule has 24 nitrogen and oxygen atoms in total. The Morgan fingerprint density at radius 3 is 1.61 bits per heavy atom. The van der Waals surface area contributed by atoms with E-state index in [1.54, 1.807) is 6.92 Å². The smallest absolute Gasteiger partial charge is 0.303 e. The molecule has 0 aromatic heterocycles. The van der Waals surface area contributed by atoms with Crippen molar-refractivity contribution < 1.29 is 57.0 Å². The number of hydrogen-bond donors (Lipinski definition) is 0. The van der Waals surface area contributed by atoms with E-state index in [9.17, 15) is 31.7 Å². The Morgan fingerprint density at radius 1 is 0.600 bits per heavy atom. The van der Waals surface area contributed by atoms with Crippen LogP contribution in [0.3, 0.4) is 0 Å². The van der Waals surface area contributed by atoms with Gasteiger partial charge in [-0.05, 0) is 52.2 Å². The molecule has 15 atom stereocenters. The average Bonchev–Trinajstić information content (AvgIpc) is 3.35. The van der Waals surface area contributed by atoms with Crippen LogP contribution in [0, 0.1) is 0 Å². The predicted molar refractivity (Wildman–Crippen MR) is 246 cm³/mol. The Kier molecular flexibility index (Phi) is 20.2. The first kappa shape index (κ1) is 52.6. The second-order valence-electron chi connectivity index (χ2n) is 16.4. The largest absolute Gasteiger partial charge is 0.457 e. The molecule has 3 aliphatic rings. The van der Waals surface area contributed by atoms with Gasteiger partial charge in [-0.2, -0.15) is 0 Å². The van der Waals surface area contributed by atoms with Crippen molar-refractivity contribution in [2.45, 2.75) is 139 Å². The first-order valence-electron chi connectivity index (χ1n) is 22.4. The third-order valence-corrected chi connectivity index (χ3v) is 11.6. The zero-order valence-corrected chi connectivity index (χ0v) is 38.6. The summed E-state index contributed by atoms with van der Waals surface area (Å²) in [5.41, 5.74) is 42.0. The Balaban J connectivity index is 1.47. The van der Waals surface area contributed by atoms with Gasteiger partial charge in [0.25, 0.3) is 0 Å². The van der Waals surface area contributed by atoms with Gasteiger partial charge in [-0.3, -0.25) is 9.59 Å². The summed E-state index contributed by atoms with van der Waals surface area (Å²) in [6.45, 7) is 7.31. The molecule has 6 rings (SSSR count). The van der Waals surface area contributed by atoms with Gasteiger partial charge < -0.3 is 47.4 Å². The predicted octanol–water partition coefficient (Wildman–Crippen LogP) is 8.17. The molecule has 24 heteroatoms. The lowest BCUT2D eigenvalue weighted by atomic mass is 9.83. The monoisotopic (exact) mass is 966 g/mol. The van der Waals surface area contributed by atoms with E-state index in [0.717, 1.165) is 23.6 Å². The SMILES string of the molecule is C=CCO[C@@H]1[C@@H](OC(C)=O)[C@H](O[C@@H]2[C@@H](OCc3ccccc3)[C@H](N=[N+]=[N-])C[C@H](N=[N+]=[N-])[C@H]2O[C@H]2O[C@H](CN=[N+]=[N-])[C@@H](OCc3ccccc3)[C@H](OCc3ccccc3)[C@H]2N=[N+]=[N-])O[C@H](C)[C@H]1OC(C)=O. The van der Waals surface area contributed by atoms with Crippen molar-refractivity contribution in [3.05, 3.63) is 162 Å². The van der Waals surface area contributed by atoms with Crippen LogP contribution in [-0.2, 0) is 76.8 Å². The van der Waals surface area contributed by atoms with E-state index < -0.39 is 104 Å².